The van der Waals surface area contributed by atoms with Crippen LogP contribution in [0.4, 0.5) is 14.5 Å². The van der Waals surface area contributed by atoms with Crippen LogP contribution in [-0.2, 0) is 22.6 Å². The van der Waals surface area contributed by atoms with Gasteiger partial charge >= 0.3 is 0 Å². The van der Waals surface area contributed by atoms with Crippen molar-refractivity contribution in [3.63, 3.8) is 0 Å². The summed E-state index contributed by atoms with van der Waals surface area (Å²) in [6.07, 6.45) is 5.20. The molecule has 0 radical (unpaired) electrons. The van der Waals surface area contributed by atoms with Crippen molar-refractivity contribution in [1.82, 2.24) is 0 Å². The maximum atomic E-state index is 14.0. The highest BCUT2D eigenvalue weighted by Gasteiger charge is 2.08. The molecule has 0 saturated carbocycles. The molecule has 3 aromatic rings. The largest absolute Gasteiger partial charge is 0.380 e. The van der Waals surface area contributed by atoms with Crippen LogP contribution < -0.4 is 11.1 Å². The molecule has 3 rings (SSSR count). The molecule has 0 aliphatic rings. The third-order valence-corrected chi connectivity index (χ3v) is 5.27. The van der Waals surface area contributed by atoms with E-state index in [0.29, 0.717) is 5.56 Å². The van der Waals surface area contributed by atoms with Crippen molar-refractivity contribution in [3.8, 4) is 0 Å². The van der Waals surface area contributed by atoms with Gasteiger partial charge in [-0.25, -0.2) is 8.78 Å². The van der Waals surface area contributed by atoms with Gasteiger partial charge in [-0.05, 0) is 70.5 Å². The van der Waals surface area contributed by atoms with Gasteiger partial charge in [0.1, 0.15) is 25.2 Å². The lowest BCUT2D eigenvalue weighted by atomic mass is 10.00. The maximum Gasteiger partial charge on any atom is 0.131 e. The average Bonchev–Trinajstić information content (AvgIpc) is 2.91. The Morgan fingerprint density at radius 2 is 1.51 bits per heavy atom. The van der Waals surface area contributed by atoms with Gasteiger partial charge in [-0.3, -0.25) is 0 Å². The second-order valence-corrected chi connectivity index (χ2v) is 8.17. The molecule has 37 heavy (non-hydrogen) atoms. The average molecular weight is 509 g/mol. The van der Waals surface area contributed by atoms with Crippen molar-refractivity contribution in [1.29, 1.82) is 0 Å². The maximum absolute atomic E-state index is 14.0. The zero-order valence-electron chi connectivity index (χ0n) is 22.4. The highest BCUT2D eigenvalue weighted by Crippen LogP contribution is 2.26. The third kappa shape index (κ3) is 11.6. The van der Waals surface area contributed by atoms with E-state index in [-0.39, 0.29) is 6.54 Å². The topological polar surface area (TPSA) is 72.2 Å². The number of allylic oxidation sites excluding steroid dienone is 4. The van der Waals surface area contributed by atoms with Gasteiger partial charge in [0.25, 0.3) is 0 Å². The Kier molecular flexibility index (Phi) is 16.4. The first-order valence-electron chi connectivity index (χ1n) is 11.7. The summed E-state index contributed by atoms with van der Waals surface area (Å²) < 4.78 is 27.1. The molecule has 0 atom stereocenters. The van der Waals surface area contributed by atoms with Crippen LogP contribution in [-0.4, -0.2) is 20.6 Å². The molecule has 0 saturated heterocycles. The summed E-state index contributed by atoms with van der Waals surface area (Å²) >= 11 is 0. The molecule has 0 amide bonds. The number of carbonyl (C=O) groups is 2. The van der Waals surface area contributed by atoms with Crippen molar-refractivity contribution in [2.24, 2.45) is 5.73 Å². The van der Waals surface area contributed by atoms with E-state index in [4.69, 9.17) is 9.59 Å². The van der Waals surface area contributed by atoms with Crippen molar-refractivity contribution in [3.05, 3.63) is 118 Å². The lowest BCUT2D eigenvalue weighted by Gasteiger charge is -2.14. The zero-order chi connectivity index (χ0) is 28.4. The highest BCUT2D eigenvalue weighted by molar-refractivity contribution is 5.76. The van der Waals surface area contributed by atoms with Crippen LogP contribution in [0.3, 0.4) is 0 Å². The fourth-order valence-corrected chi connectivity index (χ4v) is 3.55. The molecular weight excluding hydrogens is 470 g/mol. The van der Waals surface area contributed by atoms with Gasteiger partial charge in [-0.2, -0.15) is 0 Å². The third-order valence-electron chi connectivity index (χ3n) is 5.27. The number of hydrogen-bond donors (Lipinski definition) is 2. The van der Waals surface area contributed by atoms with Crippen molar-refractivity contribution in [2.45, 2.75) is 40.7 Å². The molecule has 0 aliphatic carbocycles. The number of rotatable bonds is 7. The van der Waals surface area contributed by atoms with Gasteiger partial charge in [0.15, 0.2) is 0 Å². The number of anilines is 1. The Labute approximate surface area is 219 Å². The second-order valence-electron chi connectivity index (χ2n) is 8.17. The van der Waals surface area contributed by atoms with Crippen LogP contribution in [0.2, 0.25) is 0 Å². The van der Waals surface area contributed by atoms with Crippen LogP contribution in [0.25, 0.3) is 5.57 Å². The van der Waals surface area contributed by atoms with Crippen LogP contribution in [0, 0.1) is 25.5 Å². The lowest BCUT2D eigenvalue weighted by molar-refractivity contribution is -0.0987. The summed E-state index contributed by atoms with van der Waals surface area (Å²) in [7, 11) is 1.50. The van der Waals surface area contributed by atoms with E-state index in [9.17, 15) is 8.78 Å². The van der Waals surface area contributed by atoms with Gasteiger partial charge in [0.05, 0.1) is 0 Å². The summed E-state index contributed by atoms with van der Waals surface area (Å²) in [6, 6.07) is 18.4. The Balaban J connectivity index is 0.00000201. The van der Waals surface area contributed by atoms with Crippen molar-refractivity contribution < 1.29 is 18.4 Å². The first kappa shape index (κ1) is 33.1. The van der Waals surface area contributed by atoms with E-state index in [1.165, 1.54) is 35.9 Å². The summed E-state index contributed by atoms with van der Waals surface area (Å²) in [5, 5.41) is 3.31. The fourth-order valence-electron chi connectivity index (χ4n) is 3.55. The number of halogens is 2. The molecule has 0 unspecified atom stereocenters. The summed E-state index contributed by atoms with van der Waals surface area (Å²) in [6.45, 7) is 12.7. The monoisotopic (exact) mass is 508 g/mol. The molecule has 6 heteroatoms. The number of benzene rings is 3. The molecule has 198 valence electrons. The van der Waals surface area contributed by atoms with Gasteiger partial charge < -0.3 is 20.6 Å². The molecule has 0 aliphatic heterocycles. The van der Waals surface area contributed by atoms with Crippen molar-refractivity contribution in [2.75, 3.05) is 12.4 Å². The minimum Gasteiger partial charge on any atom is -0.380 e. The van der Waals surface area contributed by atoms with E-state index < -0.39 is 11.6 Å². The predicted octanol–water partition coefficient (Wildman–Crippen LogP) is 6.99. The van der Waals surface area contributed by atoms with E-state index in [0.717, 1.165) is 34.9 Å². The van der Waals surface area contributed by atoms with Gasteiger partial charge in [-0.15, -0.1) is 0 Å². The molecule has 0 aromatic heterocycles. The molecule has 0 bridgehead atoms. The van der Waals surface area contributed by atoms with Crippen LogP contribution in [0.5, 0.6) is 0 Å². The zero-order valence-corrected chi connectivity index (χ0v) is 22.4. The van der Waals surface area contributed by atoms with Gasteiger partial charge in [0.2, 0.25) is 0 Å². The Bertz CT molecular complexity index is 1170. The van der Waals surface area contributed by atoms with Gasteiger partial charge in [-0.1, -0.05) is 65.3 Å². The quantitative estimate of drug-likeness (QED) is 0.337. The van der Waals surface area contributed by atoms with E-state index in [1.807, 2.05) is 25.7 Å². The second kappa shape index (κ2) is 18.4. The molecule has 3 N–H and O–H groups in total. The minimum atomic E-state index is -0.566. The number of nitrogens with one attached hydrogen (secondary N) is 1. The normalized spacial score (nSPS) is 10.6. The molecule has 0 fully saturated rings. The molecule has 0 spiro atoms. The van der Waals surface area contributed by atoms with Crippen LogP contribution >= 0.6 is 0 Å². The van der Waals surface area contributed by atoms with Crippen molar-refractivity contribution >= 4 is 24.8 Å². The molecule has 3 aromatic carbocycles. The Morgan fingerprint density at radius 3 is 2.14 bits per heavy atom. The fraction of sp³-hybridized carbons (Fsp3) is 0.226. The number of carbonyl (C=O) groups excluding carboxylic acids is 2. The molecule has 0 heterocycles. The Hall–Kier alpha value is -3.90. The highest BCUT2D eigenvalue weighted by atomic mass is 19.1. The van der Waals surface area contributed by atoms with Crippen LogP contribution in [0.15, 0.2) is 78.4 Å². The summed E-state index contributed by atoms with van der Waals surface area (Å²) in [4.78, 5) is 16.0. The number of aryl methyl sites for hydroxylation is 2. The first-order valence-corrected chi connectivity index (χ1v) is 11.7. The number of nitrogens with two attached hydrogens (primary N) is 1. The molecular formula is C31H38F2N2O2. The van der Waals surface area contributed by atoms with Crippen LogP contribution in [0.1, 0.15) is 41.7 Å². The smallest absolute Gasteiger partial charge is 0.131 e. The Morgan fingerprint density at radius 1 is 0.865 bits per heavy atom. The van der Waals surface area contributed by atoms with Gasteiger partial charge in [0, 0.05) is 29.4 Å². The number of hydrogen-bond acceptors (Lipinski definition) is 4. The standard InChI is InChI=1S/C28H29F2N.CH5N.2CH2O/c1-19-6-5-7-23(14-19)15-20(2)8-10-22(4)26-16-21(3)9-13-28(26)31-18-24-11-12-25(29)17-27(24)30;3*1-2/h5-14,16-17,31H,15,18H2,1-4H3;2H2,1H3;2*1H2/b20-8-,22-10+;;;. The van der Waals surface area contributed by atoms with E-state index in [2.05, 4.69) is 81.2 Å². The minimum absolute atomic E-state index is 0.289. The first-order chi connectivity index (χ1) is 17.8. The summed E-state index contributed by atoms with van der Waals surface area (Å²) in [5.41, 5.74) is 13.1. The summed E-state index contributed by atoms with van der Waals surface area (Å²) in [5.74, 6) is -1.10. The SMILES string of the molecule is C/C(=C/C=C(\C)c1cc(C)ccc1NCc1ccc(F)cc1F)Cc1cccc(C)c1.C=O.C=O.CN. The predicted molar refractivity (Wildman–Crippen MR) is 152 cm³/mol. The lowest BCUT2D eigenvalue weighted by Crippen LogP contribution is -2.04. The van der Waals surface area contributed by atoms with E-state index >= 15 is 0 Å². The molecule has 4 nitrogen and oxygen atoms in total. The van der Waals surface area contributed by atoms with E-state index in [1.54, 1.807) is 0 Å².